The second-order valence-corrected chi connectivity index (χ2v) is 6.32. The van der Waals surface area contributed by atoms with E-state index in [0.717, 1.165) is 38.5 Å². The van der Waals surface area contributed by atoms with Crippen molar-refractivity contribution in [1.82, 2.24) is 10.2 Å². The van der Waals surface area contributed by atoms with Crippen LogP contribution in [0.15, 0.2) is 0 Å². The molecule has 2 fully saturated rings. The summed E-state index contributed by atoms with van der Waals surface area (Å²) in [5, 5.41) is 3.26. The predicted octanol–water partition coefficient (Wildman–Crippen LogP) is 2.19. The second-order valence-electron chi connectivity index (χ2n) is 6.32. The Bertz CT molecular complexity index is 341. The Kier molecular flexibility index (Phi) is 5.19. The van der Waals surface area contributed by atoms with Gasteiger partial charge in [-0.25, -0.2) is 0 Å². The van der Waals surface area contributed by atoms with E-state index < -0.39 is 0 Å². The molecule has 0 aromatic rings. The first-order chi connectivity index (χ1) is 9.62. The highest BCUT2D eigenvalue weighted by Crippen LogP contribution is 2.44. The molecule has 1 aliphatic heterocycles. The minimum atomic E-state index is -0.00118. The lowest BCUT2D eigenvalue weighted by Gasteiger charge is -2.19. The number of carbonyl (C=O) groups is 2. The third kappa shape index (κ3) is 2.90. The van der Waals surface area contributed by atoms with E-state index in [1.54, 1.807) is 4.90 Å². The Morgan fingerprint density at radius 2 is 1.80 bits per heavy atom. The fraction of sp³-hybridized carbons (Fsp3) is 0.875. The van der Waals surface area contributed by atoms with Crippen molar-refractivity contribution in [1.29, 1.82) is 0 Å². The standard InChI is InChI=1S/C16H28N2O2/c1-4-11-9-13-14(10-11)16(20)18(15(13)19)8-6-7-12(5-2)17-3/h11-14,17H,4-10H2,1-3H3. The van der Waals surface area contributed by atoms with Gasteiger partial charge in [-0.1, -0.05) is 20.3 Å². The van der Waals surface area contributed by atoms with Crippen molar-refractivity contribution in [2.75, 3.05) is 13.6 Å². The summed E-state index contributed by atoms with van der Waals surface area (Å²) in [6.07, 6.45) is 5.97. The molecule has 4 heteroatoms. The van der Waals surface area contributed by atoms with E-state index in [-0.39, 0.29) is 23.7 Å². The Balaban J connectivity index is 1.86. The molecule has 1 N–H and O–H groups in total. The molecule has 20 heavy (non-hydrogen) atoms. The highest BCUT2D eigenvalue weighted by Gasteiger charge is 2.51. The molecule has 3 unspecified atom stereocenters. The lowest BCUT2D eigenvalue weighted by atomic mass is 10.00. The molecule has 1 heterocycles. The van der Waals surface area contributed by atoms with Gasteiger partial charge in [-0.3, -0.25) is 14.5 Å². The average molecular weight is 280 g/mol. The van der Waals surface area contributed by atoms with E-state index in [0.29, 0.717) is 18.5 Å². The van der Waals surface area contributed by atoms with Crippen LogP contribution in [-0.4, -0.2) is 36.3 Å². The van der Waals surface area contributed by atoms with Crippen molar-refractivity contribution in [3.8, 4) is 0 Å². The smallest absolute Gasteiger partial charge is 0.233 e. The van der Waals surface area contributed by atoms with E-state index in [1.807, 2.05) is 7.05 Å². The molecule has 0 radical (unpaired) electrons. The van der Waals surface area contributed by atoms with Crippen LogP contribution >= 0.6 is 0 Å². The summed E-state index contributed by atoms with van der Waals surface area (Å²) >= 11 is 0. The normalized spacial score (nSPS) is 30.9. The van der Waals surface area contributed by atoms with Crippen LogP contribution in [0.2, 0.25) is 0 Å². The molecule has 0 bridgehead atoms. The van der Waals surface area contributed by atoms with Crippen molar-refractivity contribution >= 4 is 11.8 Å². The summed E-state index contributed by atoms with van der Waals surface area (Å²) < 4.78 is 0. The maximum absolute atomic E-state index is 12.4. The summed E-state index contributed by atoms with van der Waals surface area (Å²) in [4.78, 5) is 26.3. The Labute approximate surface area is 122 Å². The molecule has 2 rings (SSSR count). The van der Waals surface area contributed by atoms with Gasteiger partial charge < -0.3 is 5.32 Å². The summed E-state index contributed by atoms with van der Waals surface area (Å²) in [5.74, 6) is 0.785. The Hall–Kier alpha value is -0.900. The van der Waals surface area contributed by atoms with Crippen LogP contribution in [0, 0.1) is 17.8 Å². The van der Waals surface area contributed by atoms with Crippen molar-refractivity contribution in [2.24, 2.45) is 17.8 Å². The average Bonchev–Trinajstić information content (AvgIpc) is 2.98. The fourth-order valence-corrected chi connectivity index (χ4v) is 3.80. The van der Waals surface area contributed by atoms with Gasteiger partial charge in [-0.05, 0) is 45.1 Å². The molecule has 114 valence electrons. The molecule has 2 amide bonds. The first kappa shape index (κ1) is 15.5. The number of nitrogens with zero attached hydrogens (tertiary/aromatic N) is 1. The Morgan fingerprint density at radius 3 is 2.25 bits per heavy atom. The molecule has 1 aliphatic carbocycles. The molecular formula is C16H28N2O2. The molecule has 4 nitrogen and oxygen atoms in total. The SMILES string of the molecule is CCC1CC2C(=O)N(CCCC(CC)NC)C(=O)C2C1. The van der Waals surface area contributed by atoms with Gasteiger partial charge in [-0.2, -0.15) is 0 Å². The van der Waals surface area contributed by atoms with Crippen LogP contribution < -0.4 is 5.32 Å². The van der Waals surface area contributed by atoms with Crippen LogP contribution in [0.4, 0.5) is 0 Å². The number of carbonyl (C=O) groups excluding carboxylic acids is 2. The summed E-state index contributed by atoms with van der Waals surface area (Å²) in [7, 11) is 1.97. The number of rotatable bonds is 7. The van der Waals surface area contributed by atoms with Gasteiger partial charge in [0, 0.05) is 12.6 Å². The van der Waals surface area contributed by atoms with Crippen molar-refractivity contribution < 1.29 is 9.59 Å². The summed E-state index contributed by atoms with van der Waals surface area (Å²) in [6, 6.07) is 0.492. The van der Waals surface area contributed by atoms with Gasteiger partial charge in [0.1, 0.15) is 0 Å². The second kappa shape index (κ2) is 6.70. The van der Waals surface area contributed by atoms with Crippen LogP contribution in [0.25, 0.3) is 0 Å². The molecular weight excluding hydrogens is 252 g/mol. The van der Waals surface area contributed by atoms with Crippen LogP contribution in [0.1, 0.15) is 52.4 Å². The zero-order valence-corrected chi connectivity index (χ0v) is 13.0. The molecule has 2 aliphatic rings. The third-order valence-electron chi connectivity index (χ3n) is 5.24. The highest BCUT2D eigenvalue weighted by molar-refractivity contribution is 6.05. The topological polar surface area (TPSA) is 49.4 Å². The minimum absolute atomic E-state index is 0.00118. The van der Waals surface area contributed by atoms with E-state index in [9.17, 15) is 9.59 Å². The maximum Gasteiger partial charge on any atom is 0.233 e. The lowest BCUT2D eigenvalue weighted by Crippen LogP contribution is -2.34. The van der Waals surface area contributed by atoms with Gasteiger partial charge in [0.25, 0.3) is 0 Å². The number of hydrogen-bond acceptors (Lipinski definition) is 3. The summed E-state index contributed by atoms with van der Waals surface area (Å²) in [5.41, 5.74) is 0. The molecule has 1 saturated heterocycles. The monoisotopic (exact) mass is 280 g/mol. The Morgan fingerprint density at radius 1 is 1.20 bits per heavy atom. The number of hydrogen-bond donors (Lipinski definition) is 1. The first-order valence-corrected chi connectivity index (χ1v) is 8.14. The van der Waals surface area contributed by atoms with Crippen LogP contribution in [-0.2, 0) is 9.59 Å². The molecule has 0 aromatic carbocycles. The van der Waals surface area contributed by atoms with Gasteiger partial charge >= 0.3 is 0 Å². The number of imide groups is 1. The van der Waals surface area contributed by atoms with Crippen molar-refractivity contribution in [3.05, 3.63) is 0 Å². The van der Waals surface area contributed by atoms with Crippen molar-refractivity contribution in [2.45, 2.75) is 58.4 Å². The lowest BCUT2D eigenvalue weighted by molar-refractivity contribution is -0.140. The molecule has 3 atom stereocenters. The highest BCUT2D eigenvalue weighted by atomic mass is 16.2. The zero-order valence-electron chi connectivity index (χ0n) is 13.0. The number of amides is 2. The molecule has 1 saturated carbocycles. The number of fused-ring (bicyclic) bond motifs is 1. The number of nitrogens with one attached hydrogen (secondary N) is 1. The van der Waals surface area contributed by atoms with Crippen LogP contribution in [0.5, 0.6) is 0 Å². The first-order valence-electron chi connectivity index (χ1n) is 8.14. The van der Waals surface area contributed by atoms with E-state index >= 15 is 0 Å². The van der Waals surface area contributed by atoms with E-state index in [2.05, 4.69) is 19.2 Å². The van der Waals surface area contributed by atoms with Crippen molar-refractivity contribution in [3.63, 3.8) is 0 Å². The number of likely N-dealkylation sites (tertiary alicyclic amines) is 1. The van der Waals surface area contributed by atoms with E-state index in [4.69, 9.17) is 0 Å². The largest absolute Gasteiger partial charge is 0.317 e. The summed E-state index contributed by atoms with van der Waals surface area (Å²) in [6.45, 7) is 4.92. The van der Waals surface area contributed by atoms with Gasteiger partial charge in [-0.15, -0.1) is 0 Å². The van der Waals surface area contributed by atoms with E-state index in [1.165, 1.54) is 0 Å². The molecule has 0 spiro atoms. The van der Waals surface area contributed by atoms with Gasteiger partial charge in [0.05, 0.1) is 11.8 Å². The van der Waals surface area contributed by atoms with Gasteiger partial charge in [0.2, 0.25) is 11.8 Å². The zero-order chi connectivity index (χ0) is 14.7. The quantitative estimate of drug-likeness (QED) is 0.727. The van der Waals surface area contributed by atoms with Crippen LogP contribution in [0.3, 0.4) is 0 Å². The molecule has 0 aromatic heterocycles. The third-order valence-corrected chi connectivity index (χ3v) is 5.24. The maximum atomic E-state index is 12.4. The predicted molar refractivity (Wildman–Crippen MR) is 79.1 cm³/mol. The van der Waals surface area contributed by atoms with Gasteiger partial charge in [0.15, 0.2) is 0 Å². The minimum Gasteiger partial charge on any atom is -0.317 e. The fourth-order valence-electron chi connectivity index (χ4n) is 3.80.